The highest BCUT2D eigenvalue weighted by atomic mass is 35.5. The average molecular weight is 254 g/mol. The van der Waals surface area contributed by atoms with Crippen LogP contribution in [-0.4, -0.2) is 18.1 Å². The lowest BCUT2D eigenvalue weighted by atomic mass is 10.3. The van der Waals surface area contributed by atoms with E-state index in [1.807, 2.05) is 0 Å². The molecule has 0 bridgehead atoms. The minimum atomic E-state index is -0.497. The second kappa shape index (κ2) is 6.00. The molecule has 0 atom stereocenters. The maximum atomic E-state index is 11.3. The van der Waals surface area contributed by atoms with Crippen LogP contribution in [0.2, 0.25) is 5.02 Å². The van der Waals surface area contributed by atoms with Crippen LogP contribution in [0.15, 0.2) is 46.0 Å². The molecule has 0 spiro atoms. The topological polar surface area (TPSA) is 74.0 Å². The number of likely N-dealkylation sites (N-methyl/N-ethyl adjacent to an activating group) is 1. The van der Waals surface area contributed by atoms with Crippen molar-refractivity contribution in [2.45, 2.75) is 6.92 Å². The van der Waals surface area contributed by atoms with E-state index in [0.29, 0.717) is 10.7 Å². The number of nitrogens with one attached hydrogen (secondary N) is 1. The van der Waals surface area contributed by atoms with Crippen molar-refractivity contribution in [3.8, 4) is 0 Å². The second-order valence-electron chi connectivity index (χ2n) is 3.19. The van der Waals surface area contributed by atoms with Crippen LogP contribution in [0.5, 0.6) is 0 Å². The molecule has 5 nitrogen and oxygen atoms in total. The number of hydrogen-bond donors (Lipinski definition) is 2. The Bertz CT molecular complexity index is 462. The van der Waals surface area contributed by atoms with Crippen LogP contribution in [-0.2, 0) is 4.79 Å². The highest BCUT2D eigenvalue weighted by Crippen LogP contribution is 2.18. The lowest BCUT2D eigenvalue weighted by Crippen LogP contribution is -2.20. The van der Waals surface area contributed by atoms with Crippen LogP contribution in [0.25, 0.3) is 0 Å². The molecule has 17 heavy (non-hydrogen) atoms. The van der Waals surface area contributed by atoms with Crippen LogP contribution >= 0.6 is 11.6 Å². The zero-order chi connectivity index (χ0) is 12.8. The normalized spacial score (nSPS) is 12.4. The monoisotopic (exact) mass is 253 g/mol. The summed E-state index contributed by atoms with van der Waals surface area (Å²) in [6, 6.07) is 6.62. The number of nitrogens with zero attached hydrogens (tertiary/aromatic N) is 2. The van der Waals surface area contributed by atoms with E-state index in [2.05, 4.69) is 15.5 Å². The van der Waals surface area contributed by atoms with E-state index in [1.165, 1.54) is 14.0 Å². The fraction of sp³-hybridized carbons (Fsp3) is 0.182. The molecule has 2 N–H and O–H groups in total. The smallest absolute Gasteiger partial charge is 0.275 e. The van der Waals surface area contributed by atoms with Crippen molar-refractivity contribution < 1.29 is 9.90 Å². The number of carbonyl (C=O) groups excluding carboxylic acids is 1. The molecule has 0 heterocycles. The number of aliphatic hydroxyl groups excluding tert-OH is 1. The molecule has 0 aromatic heterocycles. The molecular weight excluding hydrogens is 242 g/mol. The van der Waals surface area contributed by atoms with Gasteiger partial charge in [-0.2, -0.15) is 5.11 Å². The van der Waals surface area contributed by atoms with Gasteiger partial charge in [-0.05, 0) is 31.2 Å². The fourth-order valence-corrected chi connectivity index (χ4v) is 1.14. The highest BCUT2D eigenvalue weighted by Gasteiger charge is 2.10. The Hall–Kier alpha value is -1.88. The van der Waals surface area contributed by atoms with Gasteiger partial charge in [0.25, 0.3) is 5.91 Å². The standard InChI is InChI=1S/C11H12ClN3O2/c1-7(16)10(11(17)13-2)15-14-9-5-3-8(12)4-6-9/h3-6,16H,1-2H3,(H,13,17). The Morgan fingerprint density at radius 3 is 2.41 bits per heavy atom. The van der Waals surface area contributed by atoms with Gasteiger partial charge >= 0.3 is 0 Å². The van der Waals surface area contributed by atoms with Gasteiger partial charge in [0, 0.05) is 12.1 Å². The summed E-state index contributed by atoms with van der Waals surface area (Å²) in [6.07, 6.45) is 0. The first-order valence-corrected chi connectivity index (χ1v) is 5.21. The van der Waals surface area contributed by atoms with Crippen molar-refractivity contribution in [2.75, 3.05) is 7.05 Å². The van der Waals surface area contributed by atoms with E-state index in [1.54, 1.807) is 24.3 Å². The molecular formula is C11H12ClN3O2. The third-order valence-electron chi connectivity index (χ3n) is 1.88. The summed E-state index contributed by atoms with van der Waals surface area (Å²) in [5.74, 6) is -0.690. The minimum absolute atomic E-state index is 0.123. The number of halogens is 1. The van der Waals surface area contributed by atoms with E-state index in [0.717, 1.165) is 0 Å². The van der Waals surface area contributed by atoms with Crippen molar-refractivity contribution >= 4 is 23.2 Å². The summed E-state index contributed by atoms with van der Waals surface area (Å²) in [7, 11) is 1.45. The first-order valence-electron chi connectivity index (χ1n) is 4.84. The Morgan fingerprint density at radius 2 is 1.94 bits per heavy atom. The molecule has 1 amide bonds. The van der Waals surface area contributed by atoms with Crippen LogP contribution in [0.1, 0.15) is 6.92 Å². The Morgan fingerprint density at radius 1 is 1.35 bits per heavy atom. The summed E-state index contributed by atoms with van der Waals surface area (Å²) in [4.78, 5) is 11.3. The molecule has 0 aliphatic carbocycles. The molecule has 0 saturated heterocycles. The zero-order valence-corrected chi connectivity index (χ0v) is 10.2. The molecule has 0 unspecified atom stereocenters. The van der Waals surface area contributed by atoms with Gasteiger partial charge in [0.2, 0.25) is 0 Å². The van der Waals surface area contributed by atoms with Crippen LogP contribution in [0.3, 0.4) is 0 Å². The average Bonchev–Trinajstić information content (AvgIpc) is 2.31. The Labute approximate surface area is 104 Å². The first kappa shape index (κ1) is 13.2. The molecule has 0 aliphatic heterocycles. The molecule has 0 radical (unpaired) electrons. The van der Waals surface area contributed by atoms with Crippen molar-refractivity contribution in [3.05, 3.63) is 40.7 Å². The summed E-state index contributed by atoms with van der Waals surface area (Å²) < 4.78 is 0. The molecule has 0 aliphatic rings. The SMILES string of the molecule is CNC(=O)C(N=Nc1ccc(Cl)cc1)=C(C)O. The fourth-order valence-electron chi connectivity index (χ4n) is 1.02. The van der Waals surface area contributed by atoms with E-state index in [-0.39, 0.29) is 11.5 Å². The lowest BCUT2D eigenvalue weighted by molar-refractivity contribution is -0.117. The van der Waals surface area contributed by atoms with E-state index in [4.69, 9.17) is 11.6 Å². The van der Waals surface area contributed by atoms with Gasteiger partial charge in [0.15, 0.2) is 5.70 Å². The second-order valence-corrected chi connectivity index (χ2v) is 3.63. The molecule has 1 aromatic rings. The van der Waals surface area contributed by atoms with Crippen molar-refractivity contribution in [1.29, 1.82) is 0 Å². The number of allylic oxidation sites excluding steroid dienone is 1. The number of carbonyl (C=O) groups is 1. The highest BCUT2D eigenvalue weighted by molar-refractivity contribution is 6.30. The Balaban J connectivity index is 2.92. The third kappa shape index (κ3) is 3.88. The number of amides is 1. The molecule has 1 aromatic carbocycles. The quantitative estimate of drug-likeness (QED) is 0.494. The molecule has 90 valence electrons. The third-order valence-corrected chi connectivity index (χ3v) is 2.13. The Kier molecular flexibility index (Phi) is 4.66. The molecule has 0 fully saturated rings. The van der Waals surface area contributed by atoms with Gasteiger partial charge in [-0.15, -0.1) is 5.11 Å². The number of aliphatic hydroxyl groups is 1. The van der Waals surface area contributed by atoms with Crippen molar-refractivity contribution in [1.82, 2.24) is 5.32 Å². The lowest BCUT2D eigenvalue weighted by Gasteiger charge is -2.00. The van der Waals surface area contributed by atoms with Gasteiger partial charge in [-0.25, -0.2) is 0 Å². The minimum Gasteiger partial charge on any atom is -0.510 e. The predicted octanol–water partition coefficient (Wildman–Crippen LogP) is 2.96. The summed E-state index contributed by atoms with van der Waals surface area (Å²) in [5.41, 5.74) is 0.416. The van der Waals surface area contributed by atoms with E-state index in [9.17, 15) is 9.90 Å². The van der Waals surface area contributed by atoms with E-state index < -0.39 is 5.91 Å². The largest absolute Gasteiger partial charge is 0.510 e. The van der Waals surface area contributed by atoms with Gasteiger partial charge in [-0.1, -0.05) is 11.6 Å². The molecule has 1 rings (SSSR count). The number of rotatable bonds is 3. The van der Waals surface area contributed by atoms with Crippen LogP contribution in [0.4, 0.5) is 5.69 Å². The van der Waals surface area contributed by atoms with Gasteiger partial charge in [0.1, 0.15) is 5.76 Å². The van der Waals surface area contributed by atoms with Gasteiger partial charge < -0.3 is 10.4 Å². The summed E-state index contributed by atoms with van der Waals surface area (Å²) in [5, 5.41) is 19.7. The van der Waals surface area contributed by atoms with E-state index >= 15 is 0 Å². The van der Waals surface area contributed by atoms with Gasteiger partial charge in [-0.3, -0.25) is 4.79 Å². The summed E-state index contributed by atoms with van der Waals surface area (Å²) >= 11 is 5.71. The maximum Gasteiger partial charge on any atom is 0.275 e. The van der Waals surface area contributed by atoms with Crippen LogP contribution < -0.4 is 5.32 Å². The zero-order valence-electron chi connectivity index (χ0n) is 9.44. The van der Waals surface area contributed by atoms with Crippen molar-refractivity contribution in [3.63, 3.8) is 0 Å². The van der Waals surface area contributed by atoms with Gasteiger partial charge in [0.05, 0.1) is 5.69 Å². The van der Waals surface area contributed by atoms with Crippen molar-refractivity contribution in [2.24, 2.45) is 10.2 Å². The number of hydrogen-bond acceptors (Lipinski definition) is 4. The predicted molar refractivity (Wildman–Crippen MR) is 65.4 cm³/mol. The molecule has 0 saturated carbocycles. The molecule has 6 heteroatoms. The van der Waals surface area contributed by atoms with Crippen LogP contribution in [0, 0.1) is 0 Å². The first-order chi connectivity index (χ1) is 8.04. The number of benzene rings is 1. The number of azo groups is 1. The maximum absolute atomic E-state index is 11.3. The summed E-state index contributed by atoms with van der Waals surface area (Å²) in [6.45, 7) is 1.37.